The monoisotopic (exact) mass is 370 g/mol. The van der Waals surface area contributed by atoms with Crippen molar-refractivity contribution >= 4 is 35.1 Å². The molecule has 0 bridgehead atoms. The molecule has 0 aliphatic heterocycles. The lowest BCUT2D eigenvalue weighted by Gasteiger charge is -2.45. The van der Waals surface area contributed by atoms with Crippen molar-refractivity contribution in [3.8, 4) is 0 Å². The van der Waals surface area contributed by atoms with Crippen LogP contribution in [0.2, 0.25) is 10.0 Å². The smallest absolute Gasteiger partial charge is 0.335 e. The van der Waals surface area contributed by atoms with Gasteiger partial charge in [-0.05, 0) is 31.0 Å². The minimum Gasteiger partial charge on any atom is -0.481 e. The van der Waals surface area contributed by atoms with Crippen LogP contribution in [0.4, 0.5) is 0 Å². The molecule has 24 heavy (non-hydrogen) atoms. The van der Waals surface area contributed by atoms with E-state index in [1.165, 1.54) is 25.2 Å². The van der Waals surface area contributed by atoms with Crippen LogP contribution in [0.5, 0.6) is 0 Å². The van der Waals surface area contributed by atoms with Crippen LogP contribution in [0.3, 0.4) is 0 Å². The van der Waals surface area contributed by atoms with Gasteiger partial charge in [-0.25, -0.2) is 4.79 Å². The minimum atomic E-state index is -1.59. The number of carboxylic acid groups (broad SMARTS) is 2. The number of benzene rings is 1. The Bertz CT molecular complexity index is 755. The van der Waals surface area contributed by atoms with Crippen molar-refractivity contribution in [3.05, 3.63) is 57.6 Å². The number of carboxylic acids is 2. The molecule has 1 aliphatic carbocycles. The van der Waals surface area contributed by atoms with Gasteiger partial charge in [0.2, 0.25) is 0 Å². The normalized spacial score (nSPS) is 26.1. The van der Waals surface area contributed by atoms with E-state index in [0.29, 0.717) is 10.6 Å². The predicted molar refractivity (Wildman–Crippen MR) is 90.4 cm³/mol. The van der Waals surface area contributed by atoms with Crippen LogP contribution in [-0.4, -0.2) is 33.9 Å². The van der Waals surface area contributed by atoms with Gasteiger partial charge in [0.15, 0.2) is 0 Å². The maximum Gasteiger partial charge on any atom is 0.335 e. The number of carbonyl (C=O) groups is 2. The first-order valence-corrected chi connectivity index (χ1v) is 7.89. The summed E-state index contributed by atoms with van der Waals surface area (Å²) in [6.07, 6.45) is 4.15. The van der Waals surface area contributed by atoms with Gasteiger partial charge in [0.25, 0.3) is 0 Å². The van der Waals surface area contributed by atoms with E-state index < -0.39 is 22.8 Å². The molecule has 1 aromatic rings. The molecule has 2 atom stereocenters. The second kappa shape index (κ2) is 6.59. The average Bonchev–Trinajstić information content (AvgIpc) is 2.51. The molecule has 7 heteroatoms. The van der Waals surface area contributed by atoms with Gasteiger partial charge in [0, 0.05) is 12.0 Å². The van der Waals surface area contributed by atoms with Crippen LogP contribution in [0.1, 0.15) is 18.9 Å². The second-order valence-corrected chi connectivity index (χ2v) is 6.63. The van der Waals surface area contributed by atoms with Gasteiger partial charge in [-0.2, -0.15) is 0 Å². The van der Waals surface area contributed by atoms with E-state index in [2.05, 4.69) is 0 Å². The van der Waals surface area contributed by atoms with Crippen LogP contribution in [0, 0.1) is 5.41 Å². The summed E-state index contributed by atoms with van der Waals surface area (Å²) in [5, 5.41) is 29.1. The van der Waals surface area contributed by atoms with Crippen molar-refractivity contribution < 1.29 is 24.9 Å². The Morgan fingerprint density at radius 2 is 1.83 bits per heavy atom. The molecule has 3 N–H and O–H groups in total. The Kier molecular flexibility index (Phi) is 5.08. The highest BCUT2D eigenvalue weighted by Gasteiger charge is 2.53. The van der Waals surface area contributed by atoms with Crippen molar-refractivity contribution in [2.24, 2.45) is 5.41 Å². The summed E-state index contributed by atoms with van der Waals surface area (Å²) in [4.78, 5) is 23.3. The van der Waals surface area contributed by atoms with E-state index in [1.54, 1.807) is 18.2 Å². The van der Waals surface area contributed by atoms with Gasteiger partial charge in [-0.1, -0.05) is 47.5 Å². The Hall–Kier alpha value is -1.82. The van der Waals surface area contributed by atoms with Crippen LogP contribution in [0.15, 0.2) is 42.0 Å². The molecule has 1 aliphatic rings. The quantitative estimate of drug-likeness (QED) is 0.738. The summed E-state index contributed by atoms with van der Waals surface area (Å²) in [5.74, 6) is -2.42. The molecule has 0 heterocycles. The zero-order valence-corrected chi connectivity index (χ0v) is 14.3. The zero-order valence-electron chi connectivity index (χ0n) is 12.8. The highest BCUT2D eigenvalue weighted by atomic mass is 35.5. The lowest BCUT2D eigenvalue weighted by molar-refractivity contribution is -0.148. The summed E-state index contributed by atoms with van der Waals surface area (Å²) in [7, 11) is 0. The maximum atomic E-state index is 12.0. The van der Waals surface area contributed by atoms with Gasteiger partial charge >= 0.3 is 11.9 Å². The highest BCUT2D eigenvalue weighted by Crippen LogP contribution is 2.51. The van der Waals surface area contributed by atoms with Crippen molar-refractivity contribution in [1.82, 2.24) is 0 Å². The van der Waals surface area contributed by atoms with Gasteiger partial charge in [0.1, 0.15) is 0 Å². The van der Waals surface area contributed by atoms with Crippen LogP contribution in [-0.2, 0) is 15.0 Å². The summed E-state index contributed by atoms with van der Waals surface area (Å²) in [5.41, 5.74) is -2.34. The largest absolute Gasteiger partial charge is 0.481 e. The summed E-state index contributed by atoms with van der Waals surface area (Å²) in [6.45, 7) is 1.14. The fourth-order valence-corrected chi connectivity index (χ4v) is 3.41. The molecule has 0 saturated carbocycles. The first-order valence-electron chi connectivity index (χ1n) is 7.13. The third kappa shape index (κ3) is 2.83. The van der Waals surface area contributed by atoms with E-state index in [9.17, 15) is 24.9 Å². The standard InChI is InChI=1S/C17H16Cl2O5/c1-16(15(23)24)9-10(14(21)22)4-5-17(16,6-7-20)11-2-3-12(18)13(19)8-11/h2-5,8-9,20H,6-7H2,1H3,(H,21,22)(H,23,24). The number of aliphatic hydroxyl groups is 1. The van der Waals surface area contributed by atoms with E-state index in [4.69, 9.17) is 23.2 Å². The molecule has 5 nitrogen and oxygen atoms in total. The number of aliphatic hydroxyl groups excluding tert-OH is 1. The van der Waals surface area contributed by atoms with E-state index >= 15 is 0 Å². The number of hydrogen-bond donors (Lipinski definition) is 3. The zero-order chi connectivity index (χ0) is 18.1. The fourth-order valence-electron chi connectivity index (χ4n) is 3.11. The first-order chi connectivity index (χ1) is 11.2. The Balaban J connectivity index is 2.75. The van der Waals surface area contributed by atoms with Crippen molar-refractivity contribution in [1.29, 1.82) is 0 Å². The lowest BCUT2D eigenvalue weighted by Crippen LogP contribution is -2.49. The van der Waals surface area contributed by atoms with Gasteiger partial charge < -0.3 is 15.3 Å². The molecule has 0 amide bonds. The van der Waals surface area contributed by atoms with Gasteiger partial charge in [-0.15, -0.1) is 0 Å². The molecule has 2 unspecified atom stereocenters. The van der Waals surface area contributed by atoms with E-state index in [0.717, 1.165) is 0 Å². The van der Waals surface area contributed by atoms with E-state index in [1.807, 2.05) is 0 Å². The SMILES string of the molecule is CC1(C(=O)O)C=C(C(=O)O)C=CC1(CCO)c1ccc(Cl)c(Cl)c1. The predicted octanol–water partition coefficient (Wildman–Crippen LogP) is 3.29. The first kappa shape index (κ1) is 18.5. The lowest BCUT2D eigenvalue weighted by atomic mass is 9.56. The number of halogens is 2. The number of aliphatic carboxylic acids is 2. The minimum absolute atomic E-state index is 0.0770. The molecule has 128 valence electrons. The third-order valence-corrected chi connectivity index (χ3v) is 5.29. The van der Waals surface area contributed by atoms with E-state index in [-0.39, 0.29) is 23.6 Å². The number of hydrogen-bond acceptors (Lipinski definition) is 3. The van der Waals surface area contributed by atoms with Crippen molar-refractivity contribution in [2.45, 2.75) is 18.8 Å². The van der Waals surface area contributed by atoms with Gasteiger partial charge in [-0.3, -0.25) is 4.79 Å². The summed E-state index contributed by atoms with van der Waals surface area (Å²) >= 11 is 12.0. The molecule has 0 radical (unpaired) electrons. The van der Waals surface area contributed by atoms with Crippen LogP contribution < -0.4 is 0 Å². The third-order valence-electron chi connectivity index (χ3n) is 4.55. The summed E-state index contributed by atoms with van der Waals surface area (Å²) < 4.78 is 0. The molecule has 2 rings (SSSR count). The molecular weight excluding hydrogens is 355 g/mol. The maximum absolute atomic E-state index is 12.0. The topological polar surface area (TPSA) is 94.8 Å². The second-order valence-electron chi connectivity index (χ2n) is 5.82. The fraction of sp³-hybridized carbons (Fsp3) is 0.294. The molecule has 0 fully saturated rings. The Morgan fingerprint density at radius 1 is 1.17 bits per heavy atom. The molecule has 1 aromatic carbocycles. The molecule has 0 aromatic heterocycles. The average molecular weight is 371 g/mol. The van der Waals surface area contributed by atoms with Crippen molar-refractivity contribution in [3.63, 3.8) is 0 Å². The van der Waals surface area contributed by atoms with Crippen LogP contribution >= 0.6 is 23.2 Å². The molecule has 0 spiro atoms. The summed E-state index contributed by atoms with van der Waals surface area (Å²) in [6, 6.07) is 4.73. The van der Waals surface area contributed by atoms with Crippen LogP contribution in [0.25, 0.3) is 0 Å². The van der Waals surface area contributed by atoms with Gasteiger partial charge in [0.05, 0.1) is 21.0 Å². The number of allylic oxidation sites excluding steroid dienone is 1. The van der Waals surface area contributed by atoms with Crippen molar-refractivity contribution in [2.75, 3.05) is 6.61 Å². The highest BCUT2D eigenvalue weighted by molar-refractivity contribution is 6.42. The molecular formula is C17H16Cl2O5. The Morgan fingerprint density at radius 3 is 2.33 bits per heavy atom. The molecule has 0 saturated heterocycles. The number of rotatable bonds is 5. The Labute approximate surface area is 148 Å².